The van der Waals surface area contributed by atoms with Crippen molar-refractivity contribution in [2.45, 2.75) is 31.7 Å². The predicted octanol–water partition coefficient (Wildman–Crippen LogP) is 5.65. The van der Waals surface area contributed by atoms with Crippen molar-refractivity contribution in [1.29, 1.82) is 5.26 Å². The maximum atomic E-state index is 9.31. The first kappa shape index (κ1) is 15.7. The largest absolute Gasteiger partial charge is 0.332 e. The topological polar surface area (TPSA) is 27.0 Å². The van der Waals surface area contributed by atoms with E-state index < -0.39 is 0 Å². The normalized spacial score (nSPS) is 14.7. The molecular weight excluding hydrogens is 300 g/mol. The summed E-state index contributed by atoms with van der Waals surface area (Å²) >= 11 is 1.72. The van der Waals surface area contributed by atoms with Crippen LogP contribution in [-0.2, 0) is 0 Å². The summed E-state index contributed by atoms with van der Waals surface area (Å²) in [5, 5.41) is 10.4. The van der Waals surface area contributed by atoms with Crippen LogP contribution in [-0.4, -0.2) is 6.04 Å². The highest BCUT2D eigenvalue weighted by Crippen LogP contribution is 2.48. The molecule has 0 bridgehead atoms. The Hall–Kier alpha value is -2.18. The van der Waals surface area contributed by atoms with Crippen molar-refractivity contribution >= 4 is 17.4 Å². The monoisotopic (exact) mass is 320 g/mol. The molecule has 0 N–H and O–H groups in total. The van der Waals surface area contributed by atoms with Gasteiger partial charge in [0.2, 0.25) is 0 Å². The molecule has 3 rings (SSSR count). The summed E-state index contributed by atoms with van der Waals surface area (Å²) in [5.74, 6) is 0.553. The van der Waals surface area contributed by atoms with E-state index in [1.165, 1.54) is 10.6 Å². The van der Waals surface area contributed by atoms with Gasteiger partial charge in [-0.05, 0) is 42.2 Å². The first-order chi connectivity index (χ1) is 11.0. The van der Waals surface area contributed by atoms with Gasteiger partial charge in [0.1, 0.15) is 0 Å². The van der Waals surface area contributed by atoms with Crippen LogP contribution < -0.4 is 4.90 Å². The molecule has 1 aliphatic rings. The smallest absolute Gasteiger partial charge is 0.0998 e. The SMILES string of the molecule is C=C1Sc2cc(-c3ccccc3C#N)ccc2N1C(C)C(C)C. The molecule has 116 valence electrons. The van der Waals surface area contributed by atoms with E-state index in [0.717, 1.165) is 16.2 Å². The number of hydrogen-bond acceptors (Lipinski definition) is 3. The molecule has 0 spiro atoms. The number of benzene rings is 2. The van der Waals surface area contributed by atoms with Crippen LogP contribution in [0.2, 0.25) is 0 Å². The Labute approximate surface area is 142 Å². The number of anilines is 1. The average molecular weight is 320 g/mol. The van der Waals surface area contributed by atoms with Gasteiger partial charge in [-0.2, -0.15) is 5.26 Å². The van der Waals surface area contributed by atoms with Crippen LogP contribution in [0.3, 0.4) is 0 Å². The van der Waals surface area contributed by atoms with Crippen LogP contribution in [0.5, 0.6) is 0 Å². The minimum absolute atomic E-state index is 0.411. The average Bonchev–Trinajstić information content (AvgIpc) is 2.88. The lowest BCUT2D eigenvalue weighted by molar-refractivity contribution is 0.514. The lowest BCUT2D eigenvalue weighted by Crippen LogP contribution is -2.33. The molecular formula is C20H20N2S. The van der Waals surface area contributed by atoms with Crippen LogP contribution in [0.15, 0.2) is 59.0 Å². The van der Waals surface area contributed by atoms with Gasteiger partial charge in [0, 0.05) is 10.9 Å². The number of nitrogens with zero attached hydrogens (tertiary/aromatic N) is 2. The molecule has 0 fully saturated rings. The van der Waals surface area contributed by atoms with E-state index in [2.05, 4.69) is 56.5 Å². The van der Waals surface area contributed by atoms with Crippen molar-refractivity contribution in [1.82, 2.24) is 0 Å². The quantitative estimate of drug-likeness (QED) is 0.731. The van der Waals surface area contributed by atoms with E-state index >= 15 is 0 Å². The summed E-state index contributed by atoms with van der Waals surface area (Å²) in [6.45, 7) is 10.9. The fourth-order valence-corrected chi connectivity index (χ4v) is 3.92. The molecule has 1 heterocycles. The summed E-state index contributed by atoms with van der Waals surface area (Å²) in [6, 6.07) is 16.9. The molecule has 0 aromatic heterocycles. The summed E-state index contributed by atoms with van der Waals surface area (Å²) in [5.41, 5.74) is 4.00. The third-order valence-electron chi connectivity index (χ3n) is 4.45. The van der Waals surface area contributed by atoms with Gasteiger partial charge < -0.3 is 4.90 Å². The van der Waals surface area contributed by atoms with Crippen LogP contribution in [0, 0.1) is 17.2 Å². The molecule has 0 saturated heterocycles. The highest BCUT2D eigenvalue weighted by Gasteiger charge is 2.29. The van der Waals surface area contributed by atoms with Gasteiger partial charge in [0.25, 0.3) is 0 Å². The van der Waals surface area contributed by atoms with Gasteiger partial charge in [-0.3, -0.25) is 0 Å². The molecule has 0 amide bonds. The van der Waals surface area contributed by atoms with Gasteiger partial charge >= 0.3 is 0 Å². The zero-order valence-corrected chi connectivity index (χ0v) is 14.5. The maximum Gasteiger partial charge on any atom is 0.0998 e. The molecule has 1 atom stereocenters. The molecule has 2 aromatic carbocycles. The zero-order chi connectivity index (χ0) is 16.6. The minimum atomic E-state index is 0.411. The number of thioether (sulfide) groups is 1. The molecule has 0 radical (unpaired) electrons. The van der Waals surface area contributed by atoms with Crippen molar-refractivity contribution in [2.75, 3.05) is 4.90 Å². The van der Waals surface area contributed by atoms with Crippen molar-refractivity contribution in [3.05, 3.63) is 59.6 Å². The first-order valence-corrected chi connectivity index (χ1v) is 8.64. The van der Waals surface area contributed by atoms with Crippen molar-refractivity contribution in [3.8, 4) is 17.2 Å². The number of fused-ring (bicyclic) bond motifs is 1. The fourth-order valence-electron chi connectivity index (χ4n) is 2.85. The van der Waals surface area contributed by atoms with E-state index in [9.17, 15) is 5.26 Å². The molecule has 3 heteroatoms. The Bertz CT molecular complexity index is 802. The molecule has 0 saturated carbocycles. The van der Waals surface area contributed by atoms with Gasteiger partial charge in [0.15, 0.2) is 0 Å². The molecule has 1 aliphatic heterocycles. The number of nitriles is 1. The van der Waals surface area contributed by atoms with Crippen LogP contribution in [0.1, 0.15) is 26.3 Å². The van der Waals surface area contributed by atoms with Crippen LogP contribution >= 0.6 is 11.8 Å². The first-order valence-electron chi connectivity index (χ1n) is 7.82. The third-order valence-corrected chi connectivity index (χ3v) is 5.43. The van der Waals surface area contributed by atoms with E-state index in [-0.39, 0.29) is 0 Å². The Kier molecular flexibility index (Phi) is 4.19. The van der Waals surface area contributed by atoms with Crippen molar-refractivity contribution < 1.29 is 0 Å². The Morgan fingerprint density at radius 3 is 2.57 bits per heavy atom. The Morgan fingerprint density at radius 1 is 1.13 bits per heavy atom. The summed E-state index contributed by atoms with van der Waals surface area (Å²) in [7, 11) is 0. The van der Waals surface area contributed by atoms with Crippen LogP contribution in [0.4, 0.5) is 5.69 Å². The third kappa shape index (κ3) is 2.75. The minimum Gasteiger partial charge on any atom is -0.332 e. The number of hydrogen-bond donors (Lipinski definition) is 0. The molecule has 1 unspecified atom stereocenters. The van der Waals surface area contributed by atoms with E-state index in [1.54, 1.807) is 11.8 Å². The van der Waals surface area contributed by atoms with Gasteiger partial charge in [-0.25, -0.2) is 0 Å². The lowest BCUT2D eigenvalue weighted by Gasteiger charge is -2.30. The van der Waals surface area contributed by atoms with Gasteiger partial charge in [0.05, 0.1) is 22.3 Å². The Balaban J connectivity index is 2.04. The molecule has 23 heavy (non-hydrogen) atoms. The van der Waals surface area contributed by atoms with E-state index in [0.29, 0.717) is 17.5 Å². The maximum absolute atomic E-state index is 9.31. The molecule has 2 aromatic rings. The summed E-state index contributed by atoms with van der Waals surface area (Å²) < 4.78 is 0. The number of rotatable bonds is 3. The molecule has 0 aliphatic carbocycles. The summed E-state index contributed by atoms with van der Waals surface area (Å²) in [6.07, 6.45) is 0. The predicted molar refractivity (Wildman–Crippen MR) is 98.4 cm³/mol. The fraction of sp³-hybridized carbons (Fsp3) is 0.250. The van der Waals surface area contributed by atoms with Gasteiger partial charge in [-0.1, -0.05) is 56.5 Å². The van der Waals surface area contributed by atoms with Gasteiger partial charge in [-0.15, -0.1) is 0 Å². The Morgan fingerprint density at radius 2 is 1.87 bits per heavy atom. The zero-order valence-electron chi connectivity index (χ0n) is 13.7. The lowest BCUT2D eigenvalue weighted by atomic mass is 9.99. The van der Waals surface area contributed by atoms with E-state index in [4.69, 9.17) is 0 Å². The van der Waals surface area contributed by atoms with E-state index in [1.807, 2.05) is 24.3 Å². The van der Waals surface area contributed by atoms with Crippen molar-refractivity contribution in [3.63, 3.8) is 0 Å². The standard InChI is InChI=1S/C20H20N2S/c1-13(2)14(3)22-15(4)23-20-11-16(9-10-19(20)22)18-8-6-5-7-17(18)12-21/h5-11,13-14H,4H2,1-3H3. The second kappa shape index (κ2) is 6.14. The molecule has 2 nitrogen and oxygen atoms in total. The second-order valence-electron chi connectivity index (χ2n) is 6.19. The second-order valence-corrected chi connectivity index (χ2v) is 7.31. The highest BCUT2D eigenvalue weighted by molar-refractivity contribution is 8.03. The summed E-state index contributed by atoms with van der Waals surface area (Å²) in [4.78, 5) is 3.54. The highest BCUT2D eigenvalue weighted by atomic mass is 32.2. The van der Waals surface area contributed by atoms with Crippen molar-refractivity contribution in [2.24, 2.45) is 5.92 Å². The van der Waals surface area contributed by atoms with Crippen LogP contribution in [0.25, 0.3) is 11.1 Å².